The summed E-state index contributed by atoms with van der Waals surface area (Å²) in [5, 5.41) is 3.00. The summed E-state index contributed by atoms with van der Waals surface area (Å²) in [6.07, 6.45) is -2.66. The molecule has 0 saturated heterocycles. The number of nitrogens with one attached hydrogen (secondary N) is 1. The maximum absolute atomic E-state index is 12.6. The van der Waals surface area contributed by atoms with Gasteiger partial charge in [0.15, 0.2) is 5.65 Å². The van der Waals surface area contributed by atoms with Crippen LogP contribution in [0.4, 0.5) is 13.2 Å². The number of carbonyl (C=O) groups is 1. The maximum Gasteiger partial charge on any atom is 0.416 e. The van der Waals surface area contributed by atoms with Crippen LogP contribution in [0.25, 0.3) is 16.9 Å². The zero-order valence-electron chi connectivity index (χ0n) is 12.0. The molecular formula is C15H12F3N3O2. The van der Waals surface area contributed by atoms with Crippen LogP contribution in [0.5, 0.6) is 0 Å². The van der Waals surface area contributed by atoms with Gasteiger partial charge >= 0.3 is 12.1 Å². The van der Waals surface area contributed by atoms with Crippen LogP contribution in [-0.4, -0.2) is 27.7 Å². The predicted octanol–water partition coefficient (Wildman–Crippen LogP) is 3.06. The van der Waals surface area contributed by atoms with E-state index in [1.54, 1.807) is 16.8 Å². The second-order valence-corrected chi connectivity index (χ2v) is 4.96. The van der Waals surface area contributed by atoms with Gasteiger partial charge in [-0.3, -0.25) is 9.89 Å². The number of hydrogen-bond donors (Lipinski definition) is 1. The molecule has 0 bridgehead atoms. The fourth-order valence-corrected chi connectivity index (χ4v) is 2.22. The van der Waals surface area contributed by atoms with Gasteiger partial charge in [-0.15, -0.1) is 0 Å². The Morgan fingerprint density at radius 3 is 2.57 bits per heavy atom. The van der Waals surface area contributed by atoms with Crippen LogP contribution in [0.2, 0.25) is 0 Å². The molecule has 3 aromatic rings. The zero-order chi connectivity index (χ0) is 16.6. The normalized spacial score (nSPS) is 11.8. The summed E-state index contributed by atoms with van der Waals surface area (Å²) >= 11 is 0. The number of aromatic nitrogens is 3. The standard InChI is InChI=1S/C15H12F3N3O2/c1-23-14(22)6-11-8-21-13(19-11)7-12(20-21)9-2-4-10(5-3-9)15(16,17)18/h2-5,7-8,20H,6H2,1H3. The molecule has 0 amide bonds. The van der Waals surface area contributed by atoms with Crippen LogP contribution in [0, 0.1) is 0 Å². The van der Waals surface area contributed by atoms with Crippen molar-refractivity contribution in [2.75, 3.05) is 7.11 Å². The van der Waals surface area contributed by atoms with E-state index in [-0.39, 0.29) is 6.42 Å². The van der Waals surface area contributed by atoms with Crippen molar-refractivity contribution < 1.29 is 22.7 Å². The number of ether oxygens (including phenoxy) is 1. The van der Waals surface area contributed by atoms with Gasteiger partial charge in [0, 0.05) is 6.07 Å². The SMILES string of the molecule is COC(=O)Cc1cn2[nH]c(-c3ccc(C(F)(F)F)cc3)cc2n1. The van der Waals surface area contributed by atoms with Gasteiger partial charge < -0.3 is 4.74 Å². The molecule has 2 aromatic heterocycles. The van der Waals surface area contributed by atoms with E-state index in [0.717, 1.165) is 12.1 Å². The van der Waals surface area contributed by atoms with E-state index in [0.29, 0.717) is 22.6 Å². The van der Waals surface area contributed by atoms with E-state index in [1.807, 2.05) is 0 Å². The molecule has 0 radical (unpaired) electrons. The molecule has 5 nitrogen and oxygen atoms in total. The number of halogens is 3. The van der Waals surface area contributed by atoms with Crippen LogP contribution < -0.4 is 0 Å². The lowest BCUT2D eigenvalue weighted by Gasteiger charge is -2.06. The number of nitrogens with zero attached hydrogens (tertiary/aromatic N) is 2. The summed E-state index contributed by atoms with van der Waals surface area (Å²) in [6, 6.07) is 6.54. The number of aromatic amines is 1. The number of carbonyl (C=O) groups excluding carboxylic acids is 1. The molecule has 0 aliphatic heterocycles. The second kappa shape index (κ2) is 5.45. The van der Waals surface area contributed by atoms with Crippen molar-refractivity contribution >= 4 is 11.6 Å². The van der Waals surface area contributed by atoms with Crippen LogP contribution in [0.15, 0.2) is 36.5 Å². The fraction of sp³-hybridized carbons (Fsp3) is 0.200. The second-order valence-electron chi connectivity index (χ2n) is 4.96. The fourth-order valence-electron chi connectivity index (χ4n) is 2.22. The van der Waals surface area contributed by atoms with Gasteiger partial charge in [0.2, 0.25) is 0 Å². The van der Waals surface area contributed by atoms with E-state index < -0.39 is 17.7 Å². The molecule has 8 heteroatoms. The highest BCUT2D eigenvalue weighted by Crippen LogP contribution is 2.30. The Labute approximate surface area is 128 Å². The number of alkyl halides is 3. The molecule has 1 N–H and O–H groups in total. The van der Waals surface area contributed by atoms with Crippen molar-refractivity contribution in [1.82, 2.24) is 14.6 Å². The topological polar surface area (TPSA) is 59.4 Å². The van der Waals surface area contributed by atoms with Crippen molar-refractivity contribution in [3.8, 4) is 11.3 Å². The minimum atomic E-state index is -4.36. The first kappa shape index (κ1) is 15.1. The van der Waals surface area contributed by atoms with Gasteiger partial charge in [-0.25, -0.2) is 9.50 Å². The summed E-state index contributed by atoms with van der Waals surface area (Å²) < 4.78 is 43.8. The molecule has 23 heavy (non-hydrogen) atoms. The number of benzene rings is 1. The number of rotatable bonds is 3. The number of imidazole rings is 1. The summed E-state index contributed by atoms with van der Waals surface area (Å²) in [5.74, 6) is -0.395. The summed E-state index contributed by atoms with van der Waals surface area (Å²) in [6.45, 7) is 0. The number of fused-ring (bicyclic) bond motifs is 1. The predicted molar refractivity (Wildman–Crippen MR) is 75.7 cm³/mol. The van der Waals surface area contributed by atoms with E-state index in [1.165, 1.54) is 19.2 Å². The summed E-state index contributed by atoms with van der Waals surface area (Å²) in [5.41, 5.74) is 1.66. The molecule has 0 aliphatic rings. The smallest absolute Gasteiger partial charge is 0.416 e. The zero-order valence-corrected chi connectivity index (χ0v) is 12.0. The molecule has 2 heterocycles. The number of H-pyrrole nitrogens is 1. The lowest BCUT2D eigenvalue weighted by molar-refractivity contribution is -0.140. The van der Waals surface area contributed by atoms with Gasteiger partial charge in [-0.2, -0.15) is 13.2 Å². The van der Waals surface area contributed by atoms with Crippen LogP contribution in [0.1, 0.15) is 11.3 Å². The van der Waals surface area contributed by atoms with Crippen molar-refractivity contribution in [3.05, 3.63) is 47.8 Å². The molecule has 0 saturated carbocycles. The van der Waals surface area contributed by atoms with E-state index in [2.05, 4.69) is 14.8 Å². The first-order chi connectivity index (χ1) is 10.9. The molecule has 1 aromatic carbocycles. The Kier molecular flexibility index (Phi) is 3.59. The highest BCUT2D eigenvalue weighted by Gasteiger charge is 2.30. The highest BCUT2D eigenvalue weighted by molar-refractivity contribution is 5.72. The Bertz CT molecular complexity index is 816. The molecule has 0 fully saturated rings. The molecule has 3 rings (SSSR count). The third-order valence-corrected chi connectivity index (χ3v) is 3.37. The number of esters is 1. The molecular weight excluding hydrogens is 311 g/mol. The Hall–Kier alpha value is -2.77. The van der Waals surface area contributed by atoms with Crippen LogP contribution in [0.3, 0.4) is 0 Å². The van der Waals surface area contributed by atoms with Crippen molar-refractivity contribution in [2.24, 2.45) is 0 Å². The maximum atomic E-state index is 12.6. The van der Waals surface area contributed by atoms with Gasteiger partial charge in [0.05, 0.1) is 36.7 Å². The average Bonchev–Trinajstić information content (AvgIpc) is 3.04. The van der Waals surface area contributed by atoms with Gasteiger partial charge in [-0.1, -0.05) is 12.1 Å². The Morgan fingerprint density at radius 1 is 1.30 bits per heavy atom. The van der Waals surface area contributed by atoms with E-state index in [4.69, 9.17) is 0 Å². The first-order valence-electron chi connectivity index (χ1n) is 6.68. The lowest BCUT2D eigenvalue weighted by atomic mass is 10.1. The minimum absolute atomic E-state index is 0.0572. The first-order valence-corrected chi connectivity index (χ1v) is 6.68. The molecule has 120 valence electrons. The summed E-state index contributed by atoms with van der Waals surface area (Å²) in [7, 11) is 1.30. The van der Waals surface area contributed by atoms with Gasteiger partial charge in [0.1, 0.15) is 0 Å². The largest absolute Gasteiger partial charge is 0.469 e. The third kappa shape index (κ3) is 3.05. The third-order valence-electron chi connectivity index (χ3n) is 3.37. The summed E-state index contributed by atoms with van der Waals surface area (Å²) in [4.78, 5) is 15.5. The van der Waals surface area contributed by atoms with Crippen LogP contribution in [-0.2, 0) is 22.1 Å². The molecule has 0 atom stereocenters. The van der Waals surface area contributed by atoms with Crippen molar-refractivity contribution in [3.63, 3.8) is 0 Å². The quantitative estimate of drug-likeness (QED) is 0.754. The molecule has 0 spiro atoms. The molecule has 0 aliphatic carbocycles. The minimum Gasteiger partial charge on any atom is -0.469 e. The van der Waals surface area contributed by atoms with Gasteiger partial charge in [-0.05, 0) is 17.7 Å². The van der Waals surface area contributed by atoms with Crippen molar-refractivity contribution in [1.29, 1.82) is 0 Å². The van der Waals surface area contributed by atoms with E-state index in [9.17, 15) is 18.0 Å². The number of methoxy groups -OCH3 is 1. The number of hydrogen-bond acceptors (Lipinski definition) is 3. The average molecular weight is 323 g/mol. The Morgan fingerprint density at radius 2 is 2.00 bits per heavy atom. The highest BCUT2D eigenvalue weighted by atomic mass is 19.4. The Balaban J connectivity index is 1.86. The molecule has 0 unspecified atom stereocenters. The van der Waals surface area contributed by atoms with Crippen LogP contribution >= 0.6 is 0 Å². The van der Waals surface area contributed by atoms with Crippen molar-refractivity contribution in [2.45, 2.75) is 12.6 Å². The van der Waals surface area contributed by atoms with Gasteiger partial charge in [0.25, 0.3) is 0 Å². The lowest BCUT2D eigenvalue weighted by Crippen LogP contribution is -2.04. The monoisotopic (exact) mass is 323 g/mol. The van der Waals surface area contributed by atoms with E-state index >= 15 is 0 Å².